The molecule has 0 saturated heterocycles. The van der Waals surface area contributed by atoms with E-state index in [9.17, 15) is 5.11 Å². The molecule has 0 aliphatic rings. The van der Waals surface area contributed by atoms with E-state index in [-0.39, 0.29) is 0 Å². The highest BCUT2D eigenvalue weighted by atomic mass is 32.1. The monoisotopic (exact) mass is 303 g/mol. The Hall–Kier alpha value is -1.16. The number of aliphatic hydroxyl groups excluding tert-OH is 1. The van der Waals surface area contributed by atoms with Gasteiger partial charge in [-0.25, -0.2) is 0 Å². The van der Waals surface area contributed by atoms with Gasteiger partial charge >= 0.3 is 0 Å². The van der Waals surface area contributed by atoms with Crippen LogP contribution in [-0.4, -0.2) is 17.7 Å². The molecule has 0 spiro atoms. The van der Waals surface area contributed by atoms with Crippen LogP contribution < -0.4 is 5.32 Å². The molecule has 0 amide bonds. The molecule has 0 aliphatic carbocycles. The lowest BCUT2D eigenvalue weighted by atomic mass is 10.00. The molecule has 2 N–H and O–H groups in total. The molecule has 1 aromatic carbocycles. The largest absolute Gasteiger partial charge is 0.387 e. The molecule has 2 aromatic rings. The highest BCUT2D eigenvalue weighted by molar-refractivity contribution is 7.07. The first-order valence-electron chi connectivity index (χ1n) is 7.58. The summed E-state index contributed by atoms with van der Waals surface area (Å²) in [5.41, 5.74) is 3.65. The molecule has 1 heterocycles. The van der Waals surface area contributed by atoms with Crippen molar-refractivity contribution in [3.8, 4) is 0 Å². The molecular weight excluding hydrogens is 278 g/mol. The number of benzene rings is 1. The lowest BCUT2D eigenvalue weighted by molar-refractivity contribution is 0.170. The topological polar surface area (TPSA) is 32.3 Å². The molecule has 0 aliphatic heterocycles. The average molecular weight is 303 g/mol. The van der Waals surface area contributed by atoms with Gasteiger partial charge in [-0.1, -0.05) is 38.1 Å². The van der Waals surface area contributed by atoms with Gasteiger partial charge in [-0.2, -0.15) is 11.3 Å². The summed E-state index contributed by atoms with van der Waals surface area (Å²) in [5, 5.41) is 18.0. The summed E-state index contributed by atoms with van der Waals surface area (Å²) in [5.74, 6) is 0.528. The van der Waals surface area contributed by atoms with Crippen molar-refractivity contribution in [1.29, 1.82) is 0 Å². The zero-order valence-corrected chi connectivity index (χ0v) is 13.9. The highest BCUT2D eigenvalue weighted by Crippen LogP contribution is 2.18. The molecule has 2 rings (SSSR count). The van der Waals surface area contributed by atoms with Crippen LogP contribution in [0, 0.1) is 0 Å². The quantitative estimate of drug-likeness (QED) is 0.806. The van der Waals surface area contributed by atoms with Crippen LogP contribution in [0.4, 0.5) is 0 Å². The van der Waals surface area contributed by atoms with Crippen molar-refractivity contribution in [3.63, 3.8) is 0 Å². The molecule has 0 fully saturated rings. The summed E-state index contributed by atoms with van der Waals surface area (Å²) in [7, 11) is 0. The number of aliphatic hydroxyl groups is 1. The van der Waals surface area contributed by atoms with Gasteiger partial charge in [-0.15, -0.1) is 0 Å². The third kappa shape index (κ3) is 4.95. The van der Waals surface area contributed by atoms with E-state index in [1.807, 2.05) is 12.1 Å². The predicted molar refractivity (Wildman–Crippen MR) is 91.0 cm³/mol. The van der Waals surface area contributed by atoms with E-state index < -0.39 is 6.10 Å². The maximum Gasteiger partial charge on any atom is 0.0914 e. The van der Waals surface area contributed by atoms with Crippen LogP contribution in [0.15, 0.2) is 41.1 Å². The fraction of sp³-hybridized carbons (Fsp3) is 0.444. The Morgan fingerprint density at radius 3 is 2.29 bits per heavy atom. The lowest BCUT2D eigenvalue weighted by Gasteiger charge is -2.17. The summed E-state index contributed by atoms with van der Waals surface area (Å²) in [4.78, 5) is 0. The number of hydrogen-bond acceptors (Lipinski definition) is 3. The second-order valence-corrected chi connectivity index (χ2v) is 6.76. The second-order valence-electron chi connectivity index (χ2n) is 5.98. The average Bonchev–Trinajstić information content (AvgIpc) is 2.97. The van der Waals surface area contributed by atoms with Crippen molar-refractivity contribution in [2.75, 3.05) is 6.54 Å². The lowest BCUT2D eigenvalue weighted by Crippen LogP contribution is -2.31. The third-order valence-corrected chi connectivity index (χ3v) is 4.50. The summed E-state index contributed by atoms with van der Waals surface area (Å²) in [6, 6.07) is 10.8. The molecule has 1 aromatic heterocycles. The van der Waals surface area contributed by atoms with E-state index in [1.54, 1.807) is 11.3 Å². The summed E-state index contributed by atoms with van der Waals surface area (Å²) < 4.78 is 0. The van der Waals surface area contributed by atoms with E-state index in [0.717, 1.165) is 12.0 Å². The Labute approximate surface area is 131 Å². The van der Waals surface area contributed by atoms with E-state index in [2.05, 4.69) is 55.0 Å². The molecule has 2 unspecified atom stereocenters. The van der Waals surface area contributed by atoms with Crippen molar-refractivity contribution in [1.82, 2.24) is 5.32 Å². The Bertz CT molecular complexity index is 519. The fourth-order valence-electron chi connectivity index (χ4n) is 2.37. The van der Waals surface area contributed by atoms with Crippen LogP contribution >= 0.6 is 11.3 Å². The first-order valence-corrected chi connectivity index (χ1v) is 8.53. The predicted octanol–water partition coefficient (Wildman–Crippen LogP) is 4.13. The minimum absolute atomic E-state index is 0.365. The molecule has 3 heteroatoms. The van der Waals surface area contributed by atoms with Gasteiger partial charge < -0.3 is 10.4 Å². The van der Waals surface area contributed by atoms with Gasteiger partial charge in [-0.05, 0) is 52.8 Å². The fourth-order valence-corrected chi connectivity index (χ4v) is 3.05. The first-order chi connectivity index (χ1) is 10.1. The van der Waals surface area contributed by atoms with Crippen molar-refractivity contribution in [3.05, 3.63) is 57.8 Å². The van der Waals surface area contributed by atoms with E-state index in [0.29, 0.717) is 18.5 Å². The van der Waals surface area contributed by atoms with Crippen LogP contribution in [0.5, 0.6) is 0 Å². The van der Waals surface area contributed by atoms with Crippen molar-refractivity contribution >= 4 is 11.3 Å². The zero-order valence-electron chi connectivity index (χ0n) is 13.0. The minimum Gasteiger partial charge on any atom is -0.387 e. The van der Waals surface area contributed by atoms with Gasteiger partial charge in [0.1, 0.15) is 0 Å². The van der Waals surface area contributed by atoms with Gasteiger partial charge in [0.25, 0.3) is 0 Å². The molecule has 0 bridgehead atoms. The molecule has 0 saturated carbocycles. The van der Waals surface area contributed by atoms with Gasteiger partial charge in [0.05, 0.1) is 6.10 Å². The Kier molecular flexibility index (Phi) is 5.97. The van der Waals surface area contributed by atoms with Gasteiger partial charge in [0, 0.05) is 12.6 Å². The van der Waals surface area contributed by atoms with Crippen LogP contribution in [0.2, 0.25) is 0 Å². The van der Waals surface area contributed by atoms with Gasteiger partial charge in [0.15, 0.2) is 0 Å². The molecule has 2 nitrogen and oxygen atoms in total. The van der Waals surface area contributed by atoms with Crippen LogP contribution in [0.1, 0.15) is 49.5 Å². The van der Waals surface area contributed by atoms with Crippen molar-refractivity contribution in [2.45, 2.75) is 45.3 Å². The van der Waals surface area contributed by atoms with E-state index in [1.165, 1.54) is 11.1 Å². The van der Waals surface area contributed by atoms with E-state index in [4.69, 9.17) is 0 Å². The molecule has 0 radical (unpaired) electrons. The molecule has 21 heavy (non-hydrogen) atoms. The maximum atomic E-state index is 10.3. The minimum atomic E-state index is -0.448. The van der Waals surface area contributed by atoms with Crippen LogP contribution in [0.3, 0.4) is 0 Å². The Morgan fingerprint density at radius 1 is 1.05 bits per heavy atom. The molecular formula is C18H25NOS. The number of nitrogens with one attached hydrogen (secondary N) is 1. The SMILES string of the molecule is CC(Cc1ccsc1)NCC(O)c1ccc(C(C)C)cc1. The van der Waals surface area contributed by atoms with E-state index >= 15 is 0 Å². The standard InChI is InChI=1S/C18H25NOS/c1-13(2)16-4-6-17(7-5-16)18(20)11-19-14(3)10-15-8-9-21-12-15/h4-9,12-14,18-20H,10-11H2,1-3H3. The third-order valence-electron chi connectivity index (χ3n) is 3.77. The first kappa shape index (κ1) is 16.2. The van der Waals surface area contributed by atoms with Crippen LogP contribution in [0.25, 0.3) is 0 Å². The van der Waals surface area contributed by atoms with Crippen molar-refractivity contribution < 1.29 is 5.11 Å². The van der Waals surface area contributed by atoms with Crippen LogP contribution in [-0.2, 0) is 6.42 Å². The number of thiophene rings is 1. The number of rotatable bonds is 7. The Balaban J connectivity index is 1.82. The summed E-state index contributed by atoms with van der Waals surface area (Å²) in [6.45, 7) is 7.11. The number of hydrogen-bond donors (Lipinski definition) is 2. The smallest absolute Gasteiger partial charge is 0.0914 e. The molecule has 114 valence electrons. The van der Waals surface area contributed by atoms with Crippen molar-refractivity contribution in [2.24, 2.45) is 0 Å². The maximum absolute atomic E-state index is 10.3. The normalized spacial score (nSPS) is 14.3. The Morgan fingerprint density at radius 2 is 1.71 bits per heavy atom. The highest BCUT2D eigenvalue weighted by Gasteiger charge is 2.10. The van der Waals surface area contributed by atoms with Gasteiger partial charge in [-0.3, -0.25) is 0 Å². The summed E-state index contributed by atoms with van der Waals surface area (Å²) >= 11 is 1.73. The second kappa shape index (κ2) is 7.74. The van der Waals surface area contributed by atoms with Gasteiger partial charge in [0.2, 0.25) is 0 Å². The zero-order chi connectivity index (χ0) is 15.2. The summed E-state index contributed by atoms with van der Waals surface area (Å²) in [6.07, 6.45) is 0.554. The molecule has 2 atom stereocenters.